The van der Waals surface area contributed by atoms with Crippen molar-refractivity contribution in [2.45, 2.75) is 46.0 Å². The first kappa shape index (κ1) is 18.3. The summed E-state index contributed by atoms with van der Waals surface area (Å²) in [7, 11) is 1.66. The van der Waals surface area contributed by atoms with E-state index in [1.807, 2.05) is 18.2 Å². The quantitative estimate of drug-likeness (QED) is 0.925. The summed E-state index contributed by atoms with van der Waals surface area (Å²) in [5.74, 6) is 0.901. The number of benzene rings is 1. The SMILES string of the molecule is COc1ccc(NC(=O)C2CCN(C(C)=O)CC2)cc1C(C)(C)C. The Hall–Kier alpha value is -2.04. The summed E-state index contributed by atoms with van der Waals surface area (Å²) in [6.45, 7) is 9.24. The minimum Gasteiger partial charge on any atom is -0.496 e. The van der Waals surface area contributed by atoms with Crippen molar-refractivity contribution in [3.63, 3.8) is 0 Å². The summed E-state index contributed by atoms with van der Waals surface area (Å²) in [5.41, 5.74) is 1.78. The van der Waals surface area contributed by atoms with E-state index in [0.717, 1.165) is 17.0 Å². The highest BCUT2D eigenvalue weighted by atomic mass is 16.5. The lowest BCUT2D eigenvalue weighted by molar-refractivity contribution is -0.132. The molecule has 2 rings (SSSR count). The smallest absolute Gasteiger partial charge is 0.227 e. The number of hydrogen-bond donors (Lipinski definition) is 1. The van der Waals surface area contributed by atoms with Gasteiger partial charge in [0.15, 0.2) is 0 Å². The number of nitrogens with one attached hydrogen (secondary N) is 1. The minimum absolute atomic E-state index is 0.0308. The molecule has 0 bridgehead atoms. The molecule has 1 N–H and O–H groups in total. The number of piperidine rings is 1. The zero-order valence-electron chi connectivity index (χ0n) is 15.3. The van der Waals surface area contributed by atoms with Gasteiger partial charge in [-0.2, -0.15) is 0 Å². The van der Waals surface area contributed by atoms with E-state index in [4.69, 9.17) is 4.74 Å². The lowest BCUT2D eigenvalue weighted by Gasteiger charge is -2.30. The second-order valence-electron chi connectivity index (χ2n) is 7.43. The van der Waals surface area contributed by atoms with Crippen molar-refractivity contribution in [3.8, 4) is 5.75 Å². The minimum atomic E-state index is -0.0705. The van der Waals surface area contributed by atoms with Crippen LogP contribution in [0.1, 0.15) is 46.1 Å². The maximum atomic E-state index is 12.5. The van der Waals surface area contributed by atoms with Crippen molar-refractivity contribution in [1.82, 2.24) is 4.90 Å². The van der Waals surface area contributed by atoms with Crippen LogP contribution in [0, 0.1) is 5.92 Å². The Labute approximate surface area is 144 Å². The largest absolute Gasteiger partial charge is 0.496 e. The molecule has 132 valence electrons. The Bertz CT molecular complexity index is 612. The summed E-state index contributed by atoms with van der Waals surface area (Å²) in [6.07, 6.45) is 1.43. The molecule has 0 aromatic heterocycles. The Morgan fingerprint density at radius 3 is 2.33 bits per heavy atom. The van der Waals surface area contributed by atoms with E-state index >= 15 is 0 Å². The van der Waals surface area contributed by atoms with Crippen molar-refractivity contribution in [2.24, 2.45) is 5.92 Å². The molecule has 0 aliphatic carbocycles. The van der Waals surface area contributed by atoms with Crippen LogP contribution in [-0.2, 0) is 15.0 Å². The number of hydrogen-bond acceptors (Lipinski definition) is 3. The summed E-state index contributed by atoms with van der Waals surface area (Å²) >= 11 is 0. The first-order chi connectivity index (χ1) is 11.2. The number of likely N-dealkylation sites (tertiary alicyclic amines) is 1. The van der Waals surface area contributed by atoms with E-state index in [1.54, 1.807) is 18.9 Å². The lowest BCUT2D eigenvalue weighted by Crippen LogP contribution is -2.40. The van der Waals surface area contributed by atoms with E-state index in [0.29, 0.717) is 25.9 Å². The molecule has 0 unspecified atom stereocenters. The van der Waals surface area contributed by atoms with Gasteiger partial charge in [0.25, 0.3) is 0 Å². The maximum absolute atomic E-state index is 12.5. The van der Waals surface area contributed by atoms with Crippen molar-refractivity contribution < 1.29 is 14.3 Å². The average molecular weight is 332 g/mol. The molecule has 0 spiro atoms. The van der Waals surface area contributed by atoms with E-state index in [2.05, 4.69) is 26.1 Å². The number of ether oxygens (including phenoxy) is 1. The molecule has 1 heterocycles. The molecule has 1 fully saturated rings. The van der Waals surface area contributed by atoms with Crippen LogP contribution in [0.4, 0.5) is 5.69 Å². The van der Waals surface area contributed by atoms with Crippen molar-refractivity contribution in [2.75, 3.05) is 25.5 Å². The van der Waals surface area contributed by atoms with Gasteiger partial charge in [-0.25, -0.2) is 0 Å². The predicted octanol–water partition coefficient (Wildman–Crippen LogP) is 3.19. The van der Waals surface area contributed by atoms with E-state index in [-0.39, 0.29) is 23.1 Å². The Balaban J connectivity index is 2.06. The lowest BCUT2D eigenvalue weighted by atomic mass is 9.86. The number of nitrogens with zero attached hydrogens (tertiary/aromatic N) is 1. The van der Waals surface area contributed by atoms with E-state index in [1.165, 1.54) is 0 Å². The highest BCUT2D eigenvalue weighted by Crippen LogP contribution is 2.33. The van der Waals surface area contributed by atoms with Gasteiger partial charge >= 0.3 is 0 Å². The number of carbonyl (C=O) groups excluding carboxylic acids is 2. The van der Waals surface area contributed by atoms with Crippen molar-refractivity contribution >= 4 is 17.5 Å². The molecule has 1 aromatic rings. The molecule has 0 atom stereocenters. The van der Waals surface area contributed by atoms with Crippen molar-refractivity contribution in [1.29, 1.82) is 0 Å². The molecule has 5 nitrogen and oxygen atoms in total. The van der Waals surface area contributed by atoms with Crippen LogP contribution in [0.3, 0.4) is 0 Å². The highest BCUT2D eigenvalue weighted by molar-refractivity contribution is 5.93. The van der Waals surface area contributed by atoms with Gasteiger partial charge in [-0.3, -0.25) is 9.59 Å². The number of anilines is 1. The van der Waals surface area contributed by atoms with Crippen LogP contribution in [0.25, 0.3) is 0 Å². The molecule has 5 heteroatoms. The van der Waals surface area contributed by atoms with E-state index in [9.17, 15) is 9.59 Å². The first-order valence-electron chi connectivity index (χ1n) is 8.47. The van der Waals surface area contributed by atoms with E-state index < -0.39 is 0 Å². The van der Waals surface area contributed by atoms with Gasteiger partial charge in [0.05, 0.1) is 7.11 Å². The standard InChI is InChI=1S/C19H28N2O3/c1-13(22)21-10-8-14(9-11-21)18(23)20-15-6-7-17(24-5)16(12-15)19(2,3)4/h6-7,12,14H,8-11H2,1-5H3,(H,20,23). The fourth-order valence-electron chi connectivity index (χ4n) is 3.07. The van der Waals surface area contributed by atoms with Crippen LogP contribution in [0.2, 0.25) is 0 Å². The molecule has 2 amide bonds. The van der Waals surface area contributed by atoms with Crippen LogP contribution in [0.5, 0.6) is 5.75 Å². The molecule has 1 aromatic carbocycles. The Morgan fingerprint density at radius 1 is 1.21 bits per heavy atom. The molecule has 1 saturated heterocycles. The van der Waals surface area contributed by atoms with Gasteiger partial charge in [-0.1, -0.05) is 20.8 Å². The van der Waals surface area contributed by atoms with Crippen LogP contribution in [0.15, 0.2) is 18.2 Å². The van der Waals surface area contributed by atoms with Gasteiger partial charge in [-0.15, -0.1) is 0 Å². The summed E-state index contributed by atoms with van der Waals surface area (Å²) < 4.78 is 5.43. The van der Waals surface area contributed by atoms with Gasteiger partial charge in [0.1, 0.15) is 5.75 Å². The van der Waals surface area contributed by atoms with Crippen LogP contribution >= 0.6 is 0 Å². The molecule has 1 aliphatic heterocycles. The third kappa shape index (κ3) is 4.28. The zero-order chi connectivity index (χ0) is 17.9. The normalized spacial score (nSPS) is 16.0. The highest BCUT2D eigenvalue weighted by Gasteiger charge is 2.26. The van der Waals surface area contributed by atoms with Crippen molar-refractivity contribution in [3.05, 3.63) is 23.8 Å². The molecule has 24 heavy (non-hydrogen) atoms. The monoisotopic (exact) mass is 332 g/mol. The molecular formula is C19H28N2O3. The first-order valence-corrected chi connectivity index (χ1v) is 8.47. The predicted molar refractivity (Wildman–Crippen MR) is 95.3 cm³/mol. The third-order valence-electron chi connectivity index (χ3n) is 4.59. The van der Waals surface area contributed by atoms with Gasteiger partial charge in [0.2, 0.25) is 11.8 Å². The molecular weight excluding hydrogens is 304 g/mol. The topological polar surface area (TPSA) is 58.6 Å². The second-order valence-corrected chi connectivity index (χ2v) is 7.43. The fraction of sp³-hybridized carbons (Fsp3) is 0.579. The summed E-state index contributed by atoms with van der Waals surface area (Å²) in [6, 6.07) is 5.76. The molecule has 0 radical (unpaired) electrons. The third-order valence-corrected chi connectivity index (χ3v) is 4.59. The Morgan fingerprint density at radius 2 is 1.83 bits per heavy atom. The van der Waals surface area contributed by atoms with Gasteiger partial charge < -0.3 is 15.0 Å². The number of rotatable bonds is 3. The summed E-state index contributed by atoms with van der Waals surface area (Å²) in [4.78, 5) is 25.7. The second kappa shape index (κ2) is 7.24. The fourth-order valence-corrected chi connectivity index (χ4v) is 3.07. The molecule has 0 saturated carbocycles. The Kier molecular flexibility index (Phi) is 5.52. The number of methoxy groups -OCH3 is 1. The van der Waals surface area contributed by atoms with Crippen LogP contribution < -0.4 is 10.1 Å². The van der Waals surface area contributed by atoms with Gasteiger partial charge in [0, 0.05) is 37.2 Å². The molecule has 1 aliphatic rings. The van der Waals surface area contributed by atoms with Crippen LogP contribution in [-0.4, -0.2) is 36.9 Å². The summed E-state index contributed by atoms with van der Waals surface area (Å²) in [5, 5.41) is 3.02. The number of amides is 2. The average Bonchev–Trinajstić information content (AvgIpc) is 2.54. The zero-order valence-corrected chi connectivity index (χ0v) is 15.3. The van der Waals surface area contributed by atoms with Gasteiger partial charge in [-0.05, 0) is 36.5 Å². The number of carbonyl (C=O) groups is 2. The maximum Gasteiger partial charge on any atom is 0.227 e.